The van der Waals surface area contributed by atoms with Crippen LogP contribution in [0, 0.1) is 11.3 Å². The Bertz CT molecular complexity index is 1140. The summed E-state index contributed by atoms with van der Waals surface area (Å²) in [5, 5.41) is 14.5. The number of rotatable bonds is 6. The van der Waals surface area contributed by atoms with E-state index in [1.54, 1.807) is 43.4 Å². The summed E-state index contributed by atoms with van der Waals surface area (Å²) in [5.74, 6) is -0.499. The molecule has 2 aliphatic rings. The Hall–Kier alpha value is -3.27. The summed E-state index contributed by atoms with van der Waals surface area (Å²) in [6.07, 6.45) is -0.429. The molecule has 0 bridgehead atoms. The van der Waals surface area contributed by atoms with Gasteiger partial charge in [0.2, 0.25) is 5.60 Å². The molecule has 2 aliphatic heterocycles. The lowest BCUT2D eigenvalue weighted by Gasteiger charge is -2.28. The summed E-state index contributed by atoms with van der Waals surface area (Å²) in [5.41, 5.74) is -0.334. The first-order valence-corrected chi connectivity index (χ1v) is 10.9. The third kappa shape index (κ3) is 4.42. The van der Waals surface area contributed by atoms with Crippen LogP contribution in [0.2, 0.25) is 0 Å². The maximum atomic E-state index is 12.0. The van der Waals surface area contributed by atoms with E-state index in [2.05, 4.69) is 21.1 Å². The Morgan fingerprint density at radius 3 is 2.79 bits per heavy atom. The minimum atomic E-state index is -1.61. The first kappa shape index (κ1) is 23.9. The Labute approximate surface area is 197 Å². The second kappa shape index (κ2) is 8.83. The molecule has 2 aromatic rings. The van der Waals surface area contributed by atoms with Crippen LogP contribution in [0.15, 0.2) is 23.5 Å². The van der Waals surface area contributed by atoms with E-state index in [0.29, 0.717) is 17.0 Å². The topological polar surface area (TPSA) is 133 Å². The highest BCUT2D eigenvalue weighted by atomic mass is 16.8. The number of nitrogens with zero attached hydrogens (tertiary/aromatic N) is 6. The standard InChI is InChI=1S/C22H28N6O6/c1-13(2)31-20(29)30-10-22(9-23)18-17(32-21(3,4)34-18)16(33-22)14-7-8-15-19(25-12-27(5)6)24-11-26-28(14)15/h7-8,11-13,16-18H,10H2,1-6H3/t16-,17-,18-,22+/m0/s1. The highest BCUT2D eigenvalue weighted by molar-refractivity contribution is 5.71. The molecule has 34 heavy (non-hydrogen) atoms. The number of aromatic nitrogens is 3. The van der Waals surface area contributed by atoms with Gasteiger partial charge in [-0.2, -0.15) is 10.4 Å². The zero-order valence-corrected chi connectivity index (χ0v) is 20.0. The van der Waals surface area contributed by atoms with E-state index >= 15 is 0 Å². The van der Waals surface area contributed by atoms with Crippen LogP contribution < -0.4 is 0 Å². The summed E-state index contributed by atoms with van der Waals surface area (Å²) in [6.45, 7) is 6.53. The van der Waals surface area contributed by atoms with Gasteiger partial charge in [-0.25, -0.2) is 19.3 Å². The van der Waals surface area contributed by atoms with Crippen molar-refractivity contribution >= 4 is 23.8 Å². The molecule has 4 heterocycles. The van der Waals surface area contributed by atoms with Gasteiger partial charge in [0.25, 0.3) is 0 Å². The van der Waals surface area contributed by atoms with Gasteiger partial charge in [-0.1, -0.05) is 0 Å². The molecule has 4 rings (SSSR count). The molecule has 182 valence electrons. The Morgan fingerprint density at radius 1 is 1.35 bits per heavy atom. The maximum absolute atomic E-state index is 12.0. The van der Waals surface area contributed by atoms with E-state index in [1.165, 1.54) is 6.33 Å². The minimum Gasteiger partial charge on any atom is -0.432 e. The quantitative estimate of drug-likeness (QED) is 0.350. The third-order valence-corrected chi connectivity index (χ3v) is 5.31. The summed E-state index contributed by atoms with van der Waals surface area (Å²) in [4.78, 5) is 22.4. The smallest absolute Gasteiger partial charge is 0.432 e. The normalized spacial score (nSPS) is 27.8. The molecule has 0 aromatic carbocycles. The average Bonchev–Trinajstić information content (AvgIpc) is 3.40. The van der Waals surface area contributed by atoms with Crippen LogP contribution >= 0.6 is 0 Å². The van der Waals surface area contributed by atoms with Gasteiger partial charge < -0.3 is 28.6 Å². The summed E-state index contributed by atoms with van der Waals surface area (Å²) < 4.78 is 30.3. The highest BCUT2D eigenvalue weighted by Gasteiger charge is 2.65. The highest BCUT2D eigenvalue weighted by Crippen LogP contribution is 2.50. The van der Waals surface area contributed by atoms with E-state index in [9.17, 15) is 10.1 Å². The number of fused-ring (bicyclic) bond motifs is 2. The molecular weight excluding hydrogens is 444 g/mol. The summed E-state index contributed by atoms with van der Waals surface area (Å²) >= 11 is 0. The molecule has 0 radical (unpaired) electrons. The molecule has 0 unspecified atom stereocenters. The molecule has 12 nitrogen and oxygen atoms in total. The van der Waals surface area contributed by atoms with Crippen LogP contribution in [0.4, 0.5) is 10.6 Å². The fourth-order valence-electron chi connectivity index (χ4n) is 4.02. The SMILES string of the molecule is CC(C)OC(=O)OC[C@@]1(C#N)O[C@@H](c2ccc3c(N=CN(C)C)ncnn23)[C@@H]2OC(C)(C)O[C@@H]21. The number of nitriles is 1. The van der Waals surface area contributed by atoms with Crippen molar-refractivity contribution in [1.82, 2.24) is 19.5 Å². The Kier molecular flexibility index (Phi) is 6.20. The van der Waals surface area contributed by atoms with Crippen molar-refractivity contribution in [3.63, 3.8) is 0 Å². The van der Waals surface area contributed by atoms with Gasteiger partial charge in [-0.15, -0.1) is 0 Å². The molecule has 2 saturated heterocycles. The van der Waals surface area contributed by atoms with Gasteiger partial charge in [0.05, 0.1) is 18.1 Å². The molecular formula is C22H28N6O6. The lowest BCUT2D eigenvalue weighted by Crippen LogP contribution is -2.46. The fraction of sp³-hybridized carbons (Fsp3) is 0.591. The predicted molar refractivity (Wildman–Crippen MR) is 118 cm³/mol. The largest absolute Gasteiger partial charge is 0.508 e. The van der Waals surface area contributed by atoms with Crippen molar-refractivity contribution in [2.24, 2.45) is 4.99 Å². The van der Waals surface area contributed by atoms with Gasteiger partial charge in [0.1, 0.15) is 42.8 Å². The molecule has 0 amide bonds. The number of ether oxygens (including phenoxy) is 5. The summed E-state index contributed by atoms with van der Waals surface area (Å²) in [7, 11) is 3.72. The van der Waals surface area contributed by atoms with Crippen LogP contribution in [0.3, 0.4) is 0 Å². The fourth-order valence-corrected chi connectivity index (χ4v) is 4.02. The molecule has 0 N–H and O–H groups in total. The lowest BCUT2D eigenvalue weighted by molar-refractivity contribution is -0.205. The van der Waals surface area contributed by atoms with E-state index < -0.39 is 35.9 Å². The summed E-state index contributed by atoms with van der Waals surface area (Å²) in [6, 6.07) is 5.78. The molecule has 0 saturated carbocycles. The Balaban J connectivity index is 1.69. The molecule has 0 spiro atoms. The number of hydrogen-bond donors (Lipinski definition) is 0. The van der Waals surface area contributed by atoms with E-state index in [1.807, 2.05) is 26.2 Å². The number of carbonyl (C=O) groups excluding carboxylic acids is 1. The minimum absolute atomic E-state index is 0.364. The molecule has 0 aliphatic carbocycles. The monoisotopic (exact) mass is 472 g/mol. The molecule has 2 aromatic heterocycles. The van der Waals surface area contributed by atoms with Crippen LogP contribution in [0.25, 0.3) is 5.52 Å². The van der Waals surface area contributed by atoms with Crippen molar-refractivity contribution in [3.05, 3.63) is 24.2 Å². The molecule has 12 heteroatoms. The number of carbonyl (C=O) groups is 1. The van der Waals surface area contributed by atoms with Crippen LogP contribution in [0.5, 0.6) is 0 Å². The van der Waals surface area contributed by atoms with Gasteiger partial charge in [0.15, 0.2) is 11.6 Å². The van der Waals surface area contributed by atoms with Gasteiger partial charge in [-0.3, -0.25) is 0 Å². The second-order valence-electron chi connectivity index (χ2n) is 9.11. The van der Waals surface area contributed by atoms with Gasteiger partial charge >= 0.3 is 6.16 Å². The number of aliphatic imine (C=N–C) groups is 1. The average molecular weight is 473 g/mol. The molecule has 2 fully saturated rings. The zero-order chi connectivity index (χ0) is 24.7. The van der Waals surface area contributed by atoms with Gasteiger partial charge in [-0.05, 0) is 39.8 Å². The van der Waals surface area contributed by atoms with Crippen molar-refractivity contribution in [1.29, 1.82) is 5.26 Å². The second-order valence-corrected chi connectivity index (χ2v) is 9.11. The van der Waals surface area contributed by atoms with Crippen molar-refractivity contribution < 1.29 is 28.5 Å². The van der Waals surface area contributed by atoms with Crippen LogP contribution in [0.1, 0.15) is 39.5 Å². The zero-order valence-electron chi connectivity index (χ0n) is 20.0. The first-order valence-electron chi connectivity index (χ1n) is 10.9. The van der Waals surface area contributed by atoms with Crippen molar-refractivity contribution in [2.75, 3.05) is 20.7 Å². The lowest BCUT2D eigenvalue weighted by atomic mass is 9.96. The predicted octanol–water partition coefficient (Wildman–Crippen LogP) is 2.37. The first-order chi connectivity index (χ1) is 16.0. The van der Waals surface area contributed by atoms with E-state index in [4.69, 9.17) is 23.7 Å². The van der Waals surface area contributed by atoms with Crippen molar-refractivity contribution in [3.8, 4) is 6.07 Å². The number of hydrogen-bond acceptors (Lipinski definition) is 10. The Morgan fingerprint density at radius 2 is 2.12 bits per heavy atom. The van der Waals surface area contributed by atoms with Crippen molar-refractivity contribution in [2.45, 2.75) is 63.5 Å². The van der Waals surface area contributed by atoms with Crippen LogP contribution in [-0.4, -0.2) is 82.4 Å². The maximum Gasteiger partial charge on any atom is 0.508 e. The van der Waals surface area contributed by atoms with Crippen LogP contribution in [-0.2, 0) is 23.7 Å². The van der Waals surface area contributed by atoms with E-state index in [0.717, 1.165) is 0 Å². The van der Waals surface area contributed by atoms with E-state index in [-0.39, 0.29) is 12.7 Å². The third-order valence-electron chi connectivity index (χ3n) is 5.31. The molecule has 4 atom stereocenters. The van der Waals surface area contributed by atoms with Gasteiger partial charge in [0, 0.05) is 14.1 Å².